The van der Waals surface area contributed by atoms with E-state index < -0.39 is 47.7 Å². The summed E-state index contributed by atoms with van der Waals surface area (Å²) in [6, 6.07) is 0. The van der Waals surface area contributed by atoms with Gasteiger partial charge in [-0.05, 0) is 53.4 Å². The molecule has 0 saturated carbocycles. The van der Waals surface area contributed by atoms with E-state index in [1.54, 1.807) is 0 Å². The van der Waals surface area contributed by atoms with Gasteiger partial charge in [-0.3, -0.25) is 0 Å². The minimum absolute atomic E-state index is 0. The average Bonchev–Trinajstić information content (AvgIpc) is 2.85. The molecule has 0 heterocycles. The van der Waals surface area contributed by atoms with Crippen molar-refractivity contribution in [3.05, 3.63) is 48.6 Å². The molecule has 0 amide bonds. The zero-order chi connectivity index (χ0) is 31.4. The molecule has 0 rings (SSSR count). The topological polar surface area (TPSA) is 185 Å². The van der Waals surface area contributed by atoms with Crippen LogP contribution in [-0.2, 0) is 47.7 Å². The first-order valence-corrected chi connectivity index (χ1v) is 12.2. The summed E-state index contributed by atoms with van der Waals surface area (Å²) in [5.74, 6) is -6.56. The molecule has 0 bridgehead atoms. The third-order valence-electron chi connectivity index (χ3n) is 4.86. The molecule has 0 unspecified atom stereocenters. The van der Waals surface area contributed by atoms with Gasteiger partial charge in [0.2, 0.25) is 0 Å². The summed E-state index contributed by atoms with van der Waals surface area (Å²) in [7, 11) is 0. The van der Waals surface area contributed by atoms with Crippen LogP contribution in [0.2, 0.25) is 0 Å². The van der Waals surface area contributed by atoms with Crippen molar-refractivity contribution in [3.63, 3.8) is 0 Å². The summed E-state index contributed by atoms with van der Waals surface area (Å²) in [5.41, 5.74) is 0.964. The van der Waals surface area contributed by atoms with Crippen LogP contribution >= 0.6 is 0 Å². The number of aliphatic carboxylic acids is 2. The van der Waals surface area contributed by atoms with Crippen LogP contribution in [0.5, 0.6) is 0 Å². The summed E-state index contributed by atoms with van der Waals surface area (Å²) in [6.07, 6.45) is 0.357. The first-order chi connectivity index (χ1) is 18.5. The van der Waals surface area contributed by atoms with Gasteiger partial charge in [-0.2, -0.15) is 0 Å². The van der Waals surface area contributed by atoms with Crippen LogP contribution in [0.3, 0.4) is 0 Å². The Bertz CT molecular complexity index is 841. The Morgan fingerprint density at radius 1 is 0.488 bits per heavy atom. The molecular weight excluding hydrogens is 553 g/mol. The third kappa shape index (κ3) is 22.0. The van der Waals surface area contributed by atoms with Crippen molar-refractivity contribution in [2.45, 2.75) is 53.4 Å². The number of hydrogen-bond acceptors (Lipinski definition) is 12. The van der Waals surface area contributed by atoms with Crippen LogP contribution in [0.4, 0.5) is 0 Å². The fraction of sp³-hybridized carbons (Fsp3) is 0.500. The molecule has 0 atom stereocenters. The first-order valence-electron chi connectivity index (χ1n) is 12.2. The van der Waals surface area contributed by atoms with Gasteiger partial charge in [0, 0.05) is 46.1 Å². The van der Waals surface area contributed by atoms with E-state index in [9.17, 15) is 39.0 Å². The van der Waals surface area contributed by atoms with Gasteiger partial charge < -0.3 is 38.7 Å². The number of carboxylic acids is 2. The molecule has 224 valence electrons. The van der Waals surface area contributed by atoms with E-state index in [4.69, 9.17) is 18.9 Å². The monoisotopic (exact) mass is 590 g/mol. The van der Waals surface area contributed by atoms with Gasteiger partial charge >= 0.3 is 46.9 Å². The van der Waals surface area contributed by atoms with Crippen molar-refractivity contribution in [2.24, 2.45) is 11.8 Å². The first kappa shape index (κ1) is 42.0. The van der Waals surface area contributed by atoms with E-state index in [1.165, 1.54) is 27.7 Å². The van der Waals surface area contributed by atoms with Crippen molar-refractivity contribution in [1.29, 1.82) is 0 Å². The van der Waals surface area contributed by atoms with Crippen LogP contribution in [0, 0.1) is 11.8 Å². The van der Waals surface area contributed by atoms with E-state index >= 15 is 0 Å². The summed E-state index contributed by atoms with van der Waals surface area (Å²) < 4.78 is 19.2. The van der Waals surface area contributed by atoms with Gasteiger partial charge in [0.05, 0.1) is 26.4 Å². The molecule has 0 fully saturated rings. The van der Waals surface area contributed by atoms with Crippen molar-refractivity contribution in [1.82, 2.24) is 0 Å². The van der Waals surface area contributed by atoms with Crippen molar-refractivity contribution in [3.8, 4) is 0 Å². The predicted octanol–water partition coefficient (Wildman–Crippen LogP) is 0.362. The second-order valence-electron chi connectivity index (χ2n) is 8.85. The molecule has 0 spiro atoms. The minimum atomic E-state index is -1.28. The Kier molecular flexibility index (Phi) is 23.8. The number of ether oxygens (including phenoxy) is 4. The standard InChI is InChI=1S/2C14H20O6.Mg/c2*1-9(2)13(17)19-7-5-11(12(15)16)6-8-20-14(18)10(3)4;/h2*11H,1,3,5-8H2,2,4H3,(H,15,16);/q;;+2/p-2. The fourth-order valence-electron chi connectivity index (χ4n) is 2.43. The maximum Gasteiger partial charge on any atom is 2.00 e. The molecule has 0 aromatic rings. The van der Waals surface area contributed by atoms with Crippen LogP contribution < -0.4 is 10.2 Å². The van der Waals surface area contributed by atoms with Crippen LogP contribution in [-0.4, -0.2) is 85.3 Å². The second-order valence-corrected chi connectivity index (χ2v) is 8.85. The molecule has 0 aliphatic carbocycles. The number of carbonyl (C=O) groups is 6. The van der Waals surface area contributed by atoms with Crippen LogP contribution in [0.25, 0.3) is 0 Å². The normalized spacial score (nSPS) is 9.71. The van der Waals surface area contributed by atoms with Crippen molar-refractivity contribution in [2.75, 3.05) is 26.4 Å². The van der Waals surface area contributed by atoms with Gasteiger partial charge in [-0.1, -0.05) is 26.3 Å². The number of carbonyl (C=O) groups excluding carboxylic acids is 6. The molecule has 0 saturated heterocycles. The number of hydrogen-bond donors (Lipinski definition) is 0. The zero-order valence-electron chi connectivity index (χ0n) is 24.2. The molecule has 0 radical (unpaired) electrons. The van der Waals surface area contributed by atoms with E-state index in [0.29, 0.717) is 0 Å². The van der Waals surface area contributed by atoms with Crippen LogP contribution in [0.15, 0.2) is 48.6 Å². The Balaban J connectivity index is -0.000000688. The summed E-state index contributed by atoms with van der Waals surface area (Å²) in [6.45, 7) is 19.4. The summed E-state index contributed by atoms with van der Waals surface area (Å²) >= 11 is 0. The number of esters is 4. The van der Waals surface area contributed by atoms with Crippen LogP contribution in [0.1, 0.15) is 53.4 Å². The maximum absolute atomic E-state index is 11.1. The molecule has 41 heavy (non-hydrogen) atoms. The smallest absolute Gasteiger partial charge is 0.550 e. The van der Waals surface area contributed by atoms with Gasteiger partial charge in [0.25, 0.3) is 0 Å². The quantitative estimate of drug-likeness (QED) is 0.0925. The molecule has 0 aromatic carbocycles. The Morgan fingerprint density at radius 3 is 0.780 bits per heavy atom. The molecular formula is C28H38MgO12. The van der Waals surface area contributed by atoms with Gasteiger partial charge in [0.1, 0.15) is 0 Å². The largest absolute Gasteiger partial charge is 2.00 e. The molecule has 12 nitrogen and oxygen atoms in total. The number of rotatable bonds is 18. The van der Waals surface area contributed by atoms with Crippen molar-refractivity contribution >= 4 is 58.9 Å². The maximum atomic E-state index is 11.1. The fourth-order valence-corrected chi connectivity index (χ4v) is 2.43. The Hall–Kier alpha value is -3.45. The van der Waals surface area contributed by atoms with E-state index in [-0.39, 0.29) is 97.5 Å². The summed E-state index contributed by atoms with van der Waals surface area (Å²) in [4.78, 5) is 66.2. The minimum Gasteiger partial charge on any atom is -0.550 e. The summed E-state index contributed by atoms with van der Waals surface area (Å²) in [5, 5.41) is 21.8. The van der Waals surface area contributed by atoms with Gasteiger partial charge in [0.15, 0.2) is 0 Å². The zero-order valence-corrected chi connectivity index (χ0v) is 25.7. The molecule has 0 aromatic heterocycles. The molecule has 0 N–H and O–H groups in total. The average molecular weight is 591 g/mol. The van der Waals surface area contributed by atoms with E-state index in [1.807, 2.05) is 0 Å². The predicted molar refractivity (Wildman–Crippen MR) is 144 cm³/mol. The van der Waals surface area contributed by atoms with Gasteiger partial charge in [-0.15, -0.1) is 0 Å². The van der Waals surface area contributed by atoms with E-state index in [0.717, 1.165) is 0 Å². The molecule has 0 aliphatic rings. The Morgan fingerprint density at radius 2 is 0.659 bits per heavy atom. The SMILES string of the molecule is C=C(C)C(=O)OCCC(CCOC(=O)C(=C)C)C(=O)[O-].C=C(C)C(=O)OCCC(CCOC(=O)C(=C)C)C(=O)[O-].[Mg+2]. The molecule has 0 aliphatic heterocycles. The number of carboxylic acid groups (broad SMARTS) is 2. The third-order valence-corrected chi connectivity index (χ3v) is 4.86. The van der Waals surface area contributed by atoms with E-state index in [2.05, 4.69) is 26.3 Å². The van der Waals surface area contributed by atoms with Gasteiger partial charge in [-0.25, -0.2) is 19.2 Å². The van der Waals surface area contributed by atoms with Crippen molar-refractivity contribution < 1.29 is 57.9 Å². The second kappa shape index (κ2) is 23.3. The Labute approximate surface area is 256 Å². The molecule has 13 heteroatoms.